The first-order chi connectivity index (χ1) is 10.6. The van der Waals surface area contributed by atoms with Crippen LogP contribution in [-0.4, -0.2) is 15.9 Å². The number of nitrogens with zero attached hydrogens (tertiary/aromatic N) is 1. The van der Waals surface area contributed by atoms with Gasteiger partial charge < -0.3 is 5.11 Å². The molecule has 0 aromatic heterocycles. The fourth-order valence-electron chi connectivity index (χ4n) is 2.89. The van der Waals surface area contributed by atoms with Gasteiger partial charge in [0.15, 0.2) is 5.72 Å². The summed E-state index contributed by atoms with van der Waals surface area (Å²) in [6, 6.07) is 16.8. The Labute approximate surface area is 129 Å². The van der Waals surface area contributed by atoms with E-state index in [1.54, 1.807) is 25.1 Å². The van der Waals surface area contributed by atoms with Crippen LogP contribution in [0.1, 0.15) is 28.4 Å². The first-order valence-electron chi connectivity index (χ1n) is 7.14. The lowest BCUT2D eigenvalue weighted by Crippen LogP contribution is -2.44. The smallest absolute Gasteiger partial charge is 0.257 e. The highest BCUT2D eigenvalue weighted by Gasteiger charge is 2.49. The van der Waals surface area contributed by atoms with Crippen molar-refractivity contribution in [2.45, 2.75) is 19.2 Å². The summed E-state index contributed by atoms with van der Waals surface area (Å²) in [5.41, 5.74) is 3.84. The summed E-state index contributed by atoms with van der Waals surface area (Å²) in [5.74, 6) is -0.184. The normalized spacial score (nSPS) is 19.7. The third kappa shape index (κ3) is 2.00. The summed E-state index contributed by atoms with van der Waals surface area (Å²) in [6.45, 7) is 5.69. The second-order valence-electron chi connectivity index (χ2n) is 5.40. The van der Waals surface area contributed by atoms with Crippen molar-refractivity contribution in [3.05, 3.63) is 89.2 Å². The van der Waals surface area contributed by atoms with E-state index in [-0.39, 0.29) is 5.91 Å². The van der Waals surface area contributed by atoms with E-state index < -0.39 is 5.72 Å². The Morgan fingerprint density at radius 3 is 2.50 bits per heavy atom. The molecule has 1 unspecified atom stereocenters. The maximum atomic E-state index is 12.7. The minimum atomic E-state index is -1.49. The van der Waals surface area contributed by atoms with E-state index in [0.29, 0.717) is 23.2 Å². The van der Waals surface area contributed by atoms with Crippen molar-refractivity contribution in [1.29, 1.82) is 0 Å². The molecule has 110 valence electrons. The Bertz CT molecular complexity index is 775. The molecule has 1 atom stereocenters. The Kier molecular flexibility index (Phi) is 3.45. The molecule has 2 aromatic rings. The van der Waals surface area contributed by atoms with E-state index in [1.165, 1.54) is 4.90 Å². The molecule has 3 nitrogen and oxygen atoms in total. The van der Waals surface area contributed by atoms with Crippen LogP contribution in [0.4, 0.5) is 0 Å². The van der Waals surface area contributed by atoms with Crippen molar-refractivity contribution < 1.29 is 9.90 Å². The molecule has 1 aliphatic rings. The van der Waals surface area contributed by atoms with Crippen LogP contribution in [0.5, 0.6) is 0 Å². The molecule has 0 spiro atoms. The lowest BCUT2D eigenvalue weighted by atomic mass is 9.95. The third-order valence-corrected chi connectivity index (χ3v) is 4.14. The van der Waals surface area contributed by atoms with Crippen LogP contribution < -0.4 is 0 Å². The van der Waals surface area contributed by atoms with E-state index in [0.717, 1.165) is 5.56 Å². The van der Waals surface area contributed by atoms with Gasteiger partial charge in [-0.15, -0.1) is 5.73 Å². The van der Waals surface area contributed by atoms with E-state index in [2.05, 4.69) is 12.3 Å². The Morgan fingerprint density at radius 1 is 1.18 bits per heavy atom. The summed E-state index contributed by atoms with van der Waals surface area (Å²) in [5, 5.41) is 11.3. The molecule has 0 fully saturated rings. The van der Waals surface area contributed by atoms with E-state index >= 15 is 0 Å². The summed E-state index contributed by atoms with van der Waals surface area (Å²) < 4.78 is 0. The lowest BCUT2D eigenvalue weighted by Gasteiger charge is -2.34. The highest BCUT2D eigenvalue weighted by Crippen LogP contribution is 2.42. The molecule has 1 heterocycles. The third-order valence-electron chi connectivity index (χ3n) is 4.14. The molecule has 2 aromatic carbocycles. The van der Waals surface area contributed by atoms with Crippen LogP contribution in [0.2, 0.25) is 0 Å². The number of aliphatic hydroxyl groups is 1. The molecule has 3 heteroatoms. The minimum absolute atomic E-state index is 0.184. The van der Waals surface area contributed by atoms with Gasteiger partial charge in [0, 0.05) is 23.2 Å². The second-order valence-corrected chi connectivity index (χ2v) is 5.40. The number of hydrogen-bond acceptors (Lipinski definition) is 2. The van der Waals surface area contributed by atoms with Gasteiger partial charge in [-0.3, -0.25) is 9.69 Å². The molecular weight excluding hydrogens is 274 g/mol. The number of hydrogen-bond donors (Lipinski definition) is 1. The van der Waals surface area contributed by atoms with Gasteiger partial charge in [-0.1, -0.05) is 55.1 Å². The summed E-state index contributed by atoms with van der Waals surface area (Å²) in [6.07, 6.45) is 0. The number of rotatable bonds is 3. The van der Waals surface area contributed by atoms with Crippen molar-refractivity contribution in [3.8, 4) is 0 Å². The predicted octanol–water partition coefficient (Wildman–Crippen LogP) is 3.22. The van der Waals surface area contributed by atoms with E-state index in [9.17, 15) is 9.90 Å². The molecule has 0 radical (unpaired) electrons. The summed E-state index contributed by atoms with van der Waals surface area (Å²) in [7, 11) is 0. The Morgan fingerprint density at radius 2 is 1.82 bits per heavy atom. The maximum absolute atomic E-state index is 12.7. The van der Waals surface area contributed by atoms with Crippen molar-refractivity contribution in [2.75, 3.05) is 0 Å². The molecule has 0 bridgehead atoms. The standard InChI is InChI=1S/C19H17NO2/c1-3-14(2)19(22)17-12-8-7-11-16(17)18(21)20(19)13-15-9-5-4-6-10-15/h4-12,22H,1,13H2,2H3. The van der Waals surface area contributed by atoms with Gasteiger partial charge in [0.05, 0.1) is 0 Å². The zero-order valence-corrected chi connectivity index (χ0v) is 12.4. The van der Waals surface area contributed by atoms with E-state index in [1.807, 2.05) is 36.4 Å². The van der Waals surface area contributed by atoms with Crippen LogP contribution in [0.25, 0.3) is 0 Å². The SMILES string of the molecule is C=C=C(C)C1(O)c2ccccc2C(=O)N1Cc1ccccc1. The number of carbonyl (C=O) groups excluding carboxylic acids is 1. The zero-order chi connectivity index (χ0) is 15.7. The van der Waals surface area contributed by atoms with E-state index in [4.69, 9.17) is 0 Å². The minimum Gasteiger partial charge on any atom is -0.363 e. The van der Waals surface area contributed by atoms with Crippen LogP contribution in [0.3, 0.4) is 0 Å². The fraction of sp³-hybridized carbons (Fsp3) is 0.158. The molecular formula is C19H17NO2. The number of benzene rings is 2. The van der Waals surface area contributed by atoms with Crippen LogP contribution in [0.15, 0.2) is 72.5 Å². The van der Waals surface area contributed by atoms with Gasteiger partial charge in [0.1, 0.15) is 0 Å². The molecule has 1 amide bonds. The molecule has 0 saturated heterocycles. The lowest BCUT2D eigenvalue weighted by molar-refractivity contribution is -0.0573. The molecule has 22 heavy (non-hydrogen) atoms. The first-order valence-corrected chi connectivity index (χ1v) is 7.14. The molecule has 3 rings (SSSR count). The number of carbonyl (C=O) groups is 1. The van der Waals surface area contributed by atoms with Gasteiger partial charge in [-0.05, 0) is 18.6 Å². The average Bonchev–Trinajstić information content (AvgIpc) is 2.78. The van der Waals surface area contributed by atoms with Gasteiger partial charge in [0.2, 0.25) is 0 Å². The predicted molar refractivity (Wildman–Crippen MR) is 85.0 cm³/mol. The van der Waals surface area contributed by atoms with Crippen molar-refractivity contribution in [3.63, 3.8) is 0 Å². The first kappa shape index (κ1) is 14.3. The van der Waals surface area contributed by atoms with Crippen molar-refractivity contribution in [1.82, 2.24) is 4.90 Å². The molecule has 0 aliphatic carbocycles. The van der Waals surface area contributed by atoms with Crippen LogP contribution in [0, 0.1) is 0 Å². The average molecular weight is 291 g/mol. The number of fused-ring (bicyclic) bond motifs is 1. The van der Waals surface area contributed by atoms with Gasteiger partial charge in [-0.25, -0.2) is 0 Å². The summed E-state index contributed by atoms with van der Waals surface area (Å²) >= 11 is 0. The quantitative estimate of drug-likeness (QED) is 0.882. The van der Waals surface area contributed by atoms with Crippen LogP contribution >= 0.6 is 0 Å². The monoisotopic (exact) mass is 291 g/mol. The van der Waals surface area contributed by atoms with Crippen molar-refractivity contribution >= 4 is 5.91 Å². The fourth-order valence-corrected chi connectivity index (χ4v) is 2.89. The zero-order valence-electron chi connectivity index (χ0n) is 12.4. The molecule has 1 aliphatic heterocycles. The maximum Gasteiger partial charge on any atom is 0.257 e. The highest BCUT2D eigenvalue weighted by molar-refractivity contribution is 6.00. The highest BCUT2D eigenvalue weighted by atomic mass is 16.3. The molecule has 0 saturated carbocycles. The van der Waals surface area contributed by atoms with Gasteiger partial charge in [-0.2, -0.15) is 0 Å². The van der Waals surface area contributed by atoms with Gasteiger partial charge >= 0.3 is 0 Å². The van der Waals surface area contributed by atoms with Crippen LogP contribution in [-0.2, 0) is 12.3 Å². The number of amides is 1. The Hall–Kier alpha value is -2.61. The largest absolute Gasteiger partial charge is 0.363 e. The molecule has 1 N–H and O–H groups in total. The van der Waals surface area contributed by atoms with Crippen molar-refractivity contribution in [2.24, 2.45) is 0 Å². The Balaban J connectivity index is 2.13. The summed E-state index contributed by atoms with van der Waals surface area (Å²) in [4.78, 5) is 14.2. The topological polar surface area (TPSA) is 40.5 Å². The second kappa shape index (κ2) is 5.30. The van der Waals surface area contributed by atoms with Gasteiger partial charge in [0.25, 0.3) is 5.91 Å².